The summed E-state index contributed by atoms with van der Waals surface area (Å²) in [6.45, 7) is 4.30. The lowest BCUT2D eigenvalue weighted by Gasteiger charge is -2.12. The second-order valence-corrected chi connectivity index (χ2v) is 8.52. The van der Waals surface area contributed by atoms with Crippen LogP contribution in [0.3, 0.4) is 0 Å². The Balaban J connectivity index is 1.47. The summed E-state index contributed by atoms with van der Waals surface area (Å²) in [5.74, 6) is 0.953. The molecular formula is C24H26N4O3S. The SMILES string of the molecule is CCCCc1nc(C)c(C(=O)Nc2ccc(OC)c(OCc3cn4ccccc4n3)c2)s1. The van der Waals surface area contributed by atoms with E-state index < -0.39 is 0 Å². The highest BCUT2D eigenvalue weighted by Gasteiger charge is 2.16. The summed E-state index contributed by atoms with van der Waals surface area (Å²) < 4.78 is 13.4. The van der Waals surface area contributed by atoms with Crippen molar-refractivity contribution in [1.82, 2.24) is 14.4 Å². The zero-order valence-electron chi connectivity index (χ0n) is 18.4. The Labute approximate surface area is 191 Å². The van der Waals surface area contributed by atoms with E-state index in [0.717, 1.165) is 41.3 Å². The zero-order valence-corrected chi connectivity index (χ0v) is 19.2. The summed E-state index contributed by atoms with van der Waals surface area (Å²) in [6.07, 6.45) is 6.94. The number of aromatic nitrogens is 3. The number of nitrogens with one attached hydrogen (secondary N) is 1. The molecule has 1 N–H and O–H groups in total. The average molecular weight is 451 g/mol. The number of aryl methyl sites for hydroxylation is 2. The predicted octanol–water partition coefficient (Wildman–Crippen LogP) is 5.28. The van der Waals surface area contributed by atoms with Gasteiger partial charge < -0.3 is 19.2 Å². The number of benzene rings is 1. The van der Waals surface area contributed by atoms with Gasteiger partial charge in [-0.1, -0.05) is 19.4 Å². The number of hydrogen-bond acceptors (Lipinski definition) is 6. The van der Waals surface area contributed by atoms with Crippen molar-refractivity contribution in [2.75, 3.05) is 12.4 Å². The fourth-order valence-electron chi connectivity index (χ4n) is 3.36. The van der Waals surface area contributed by atoms with Crippen LogP contribution in [0.1, 0.15) is 45.8 Å². The van der Waals surface area contributed by atoms with Crippen LogP contribution < -0.4 is 14.8 Å². The van der Waals surface area contributed by atoms with Gasteiger partial charge in [0.2, 0.25) is 0 Å². The molecule has 0 atom stereocenters. The smallest absolute Gasteiger partial charge is 0.267 e. The summed E-state index contributed by atoms with van der Waals surface area (Å²) in [6, 6.07) is 11.2. The quantitative estimate of drug-likeness (QED) is 0.375. The highest BCUT2D eigenvalue weighted by atomic mass is 32.1. The van der Waals surface area contributed by atoms with Crippen molar-refractivity contribution >= 4 is 28.6 Å². The van der Waals surface area contributed by atoms with Gasteiger partial charge in [0.15, 0.2) is 11.5 Å². The number of pyridine rings is 1. The van der Waals surface area contributed by atoms with Gasteiger partial charge in [0.1, 0.15) is 17.1 Å². The van der Waals surface area contributed by atoms with E-state index in [2.05, 4.69) is 22.2 Å². The molecule has 8 heteroatoms. The summed E-state index contributed by atoms with van der Waals surface area (Å²) in [7, 11) is 1.59. The Hall–Kier alpha value is -3.39. The molecule has 0 bridgehead atoms. The minimum absolute atomic E-state index is 0.167. The number of carbonyl (C=O) groups is 1. The van der Waals surface area contributed by atoms with Crippen LogP contribution in [0.25, 0.3) is 5.65 Å². The number of fused-ring (bicyclic) bond motifs is 1. The molecule has 3 heterocycles. The van der Waals surface area contributed by atoms with Crippen LogP contribution in [0.4, 0.5) is 5.69 Å². The highest BCUT2D eigenvalue weighted by Crippen LogP contribution is 2.31. The van der Waals surface area contributed by atoms with Crippen molar-refractivity contribution in [2.45, 2.75) is 39.7 Å². The molecule has 0 saturated carbocycles. The minimum atomic E-state index is -0.167. The first-order valence-corrected chi connectivity index (χ1v) is 11.4. The van der Waals surface area contributed by atoms with Crippen LogP contribution in [0, 0.1) is 6.92 Å². The molecule has 1 amide bonds. The molecule has 0 radical (unpaired) electrons. The maximum absolute atomic E-state index is 12.8. The number of imidazole rings is 1. The number of nitrogens with zero attached hydrogens (tertiary/aromatic N) is 3. The topological polar surface area (TPSA) is 77.8 Å². The molecule has 0 unspecified atom stereocenters. The van der Waals surface area contributed by atoms with Crippen LogP contribution in [-0.2, 0) is 13.0 Å². The molecule has 0 aliphatic heterocycles. The average Bonchev–Trinajstić information content (AvgIpc) is 3.39. The molecule has 1 aromatic carbocycles. The maximum atomic E-state index is 12.8. The predicted molar refractivity (Wildman–Crippen MR) is 126 cm³/mol. The van der Waals surface area contributed by atoms with Gasteiger partial charge in [0.25, 0.3) is 5.91 Å². The second-order valence-electron chi connectivity index (χ2n) is 7.43. The van der Waals surface area contributed by atoms with Crippen molar-refractivity contribution in [2.24, 2.45) is 0 Å². The van der Waals surface area contributed by atoms with Crippen molar-refractivity contribution in [1.29, 1.82) is 0 Å². The number of rotatable bonds is 9. The first kappa shape index (κ1) is 21.8. The lowest BCUT2D eigenvalue weighted by Crippen LogP contribution is -2.11. The number of anilines is 1. The van der Waals surface area contributed by atoms with Crippen LogP contribution in [0.15, 0.2) is 48.8 Å². The largest absolute Gasteiger partial charge is 0.493 e. The van der Waals surface area contributed by atoms with E-state index in [1.165, 1.54) is 11.3 Å². The van der Waals surface area contributed by atoms with Gasteiger partial charge in [-0.2, -0.15) is 0 Å². The van der Waals surface area contributed by atoms with E-state index in [1.54, 1.807) is 25.3 Å². The number of carbonyl (C=O) groups excluding carboxylic acids is 1. The molecule has 32 heavy (non-hydrogen) atoms. The molecule has 0 fully saturated rings. The first-order valence-electron chi connectivity index (χ1n) is 10.6. The maximum Gasteiger partial charge on any atom is 0.267 e. The molecule has 0 aliphatic rings. The van der Waals surface area contributed by atoms with Gasteiger partial charge in [0, 0.05) is 24.1 Å². The van der Waals surface area contributed by atoms with Crippen molar-refractivity contribution < 1.29 is 14.3 Å². The number of thiazole rings is 1. The Bertz CT molecular complexity index is 1200. The number of methoxy groups -OCH3 is 1. The summed E-state index contributed by atoms with van der Waals surface area (Å²) in [5.41, 5.74) is 3.05. The van der Waals surface area contributed by atoms with E-state index in [4.69, 9.17) is 9.47 Å². The van der Waals surface area contributed by atoms with E-state index in [0.29, 0.717) is 22.1 Å². The monoisotopic (exact) mass is 450 g/mol. The fourth-order valence-corrected chi connectivity index (χ4v) is 4.36. The Morgan fingerprint density at radius 2 is 2.06 bits per heavy atom. The molecule has 4 rings (SSSR count). The van der Waals surface area contributed by atoms with Crippen LogP contribution in [0.5, 0.6) is 11.5 Å². The Morgan fingerprint density at radius 3 is 2.84 bits per heavy atom. The molecular weight excluding hydrogens is 424 g/mol. The van der Waals surface area contributed by atoms with Gasteiger partial charge in [-0.3, -0.25) is 4.79 Å². The molecule has 7 nitrogen and oxygen atoms in total. The number of hydrogen-bond donors (Lipinski definition) is 1. The minimum Gasteiger partial charge on any atom is -0.493 e. The number of unbranched alkanes of at least 4 members (excludes halogenated alkanes) is 1. The van der Waals surface area contributed by atoms with Crippen LogP contribution in [0.2, 0.25) is 0 Å². The number of ether oxygens (including phenoxy) is 2. The van der Waals surface area contributed by atoms with Crippen molar-refractivity contribution in [3.8, 4) is 11.5 Å². The van der Waals surface area contributed by atoms with Gasteiger partial charge in [-0.05, 0) is 44.0 Å². The van der Waals surface area contributed by atoms with E-state index in [-0.39, 0.29) is 12.5 Å². The molecule has 3 aromatic heterocycles. The Morgan fingerprint density at radius 1 is 1.19 bits per heavy atom. The molecule has 166 valence electrons. The third-order valence-corrected chi connectivity index (χ3v) is 6.22. The van der Waals surface area contributed by atoms with Gasteiger partial charge in [0.05, 0.1) is 23.5 Å². The van der Waals surface area contributed by atoms with Gasteiger partial charge in [-0.15, -0.1) is 11.3 Å². The molecule has 0 saturated heterocycles. The van der Waals surface area contributed by atoms with E-state index >= 15 is 0 Å². The lowest BCUT2D eigenvalue weighted by molar-refractivity contribution is 0.103. The fraction of sp³-hybridized carbons (Fsp3) is 0.292. The van der Waals surface area contributed by atoms with Crippen molar-refractivity contribution in [3.05, 3.63) is 70.1 Å². The third-order valence-electron chi connectivity index (χ3n) is 5.00. The Kier molecular flexibility index (Phi) is 6.70. The normalized spacial score (nSPS) is 11.0. The zero-order chi connectivity index (χ0) is 22.5. The summed E-state index contributed by atoms with van der Waals surface area (Å²) in [4.78, 5) is 22.6. The third kappa shape index (κ3) is 4.91. The molecule has 4 aromatic rings. The lowest BCUT2D eigenvalue weighted by atomic mass is 10.2. The standard InChI is InChI=1S/C24H26N4O3S/c1-4-5-9-22-25-16(2)23(32-22)24(29)27-17-10-11-19(30-3)20(13-17)31-15-18-14-28-12-7-6-8-21(28)26-18/h6-8,10-14H,4-5,9,15H2,1-3H3,(H,27,29). The van der Waals surface area contributed by atoms with Gasteiger partial charge >= 0.3 is 0 Å². The molecule has 0 spiro atoms. The second kappa shape index (κ2) is 9.82. The van der Waals surface area contributed by atoms with Crippen LogP contribution in [-0.4, -0.2) is 27.4 Å². The van der Waals surface area contributed by atoms with Crippen LogP contribution >= 0.6 is 11.3 Å². The molecule has 0 aliphatic carbocycles. The van der Waals surface area contributed by atoms with Crippen molar-refractivity contribution in [3.63, 3.8) is 0 Å². The first-order chi connectivity index (χ1) is 15.6. The summed E-state index contributed by atoms with van der Waals surface area (Å²) >= 11 is 1.46. The van der Waals surface area contributed by atoms with E-state index in [1.807, 2.05) is 41.9 Å². The van der Waals surface area contributed by atoms with E-state index in [9.17, 15) is 4.79 Å². The highest BCUT2D eigenvalue weighted by molar-refractivity contribution is 7.13. The number of amides is 1. The summed E-state index contributed by atoms with van der Waals surface area (Å²) in [5, 5.41) is 3.96. The van der Waals surface area contributed by atoms with Gasteiger partial charge in [-0.25, -0.2) is 9.97 Å².